The predicted octanol–water partition coefficient (Wildman–Crippen LogP) is 5.36. The molecule has 1 aromatic rings. The molecule has 5 nitrogen and oxygen atoms in total. The number of carbonyl (C=O) groups excluding carboxylic acids is 1. The van der Waals surface area contributed by atoms with Crippen molar-refractivity contribution in [2.24, 2.45) is 11.8 Å². The van der Waals surface area contributed by atoms with E-state index in [1.54, 1.807) is 0 Å². The Bertz CT molecular complexity index is 614. The minimum Gasteiger partial charge on any atom is -0.492 e. The number of benzene rings is 1. The molecule has 3 atom stereocenters. The van der Waals surface area contributed by atoms with Crippen molar-refractivity contribution in [1.29, 1.82) is 0 Å². The molecule has 0 aliphatic carbocycles. The highest BCUT2D eigenvalue weighted by Gasteiger charge is 2.33. The van der Waals surface area contributed by atoms with Crippen LogP contribution in [0, 0.1) is 11.8 Å². The van der Waals surface area contributed by atoms with Crippen LogP contribution in [0.4, 0.5) is 5.69 Å². The number of unbranched alkanes of at least 4 members (excludes halogenated alkanes) is 1. The zero-order valence-corrected chi connectivity index (χ0v) is 19.7. The molecule has 1 N–H and O–H groups in total. The van der Waals surface area contributed by atoms with Crippen LogP contribution >= 0.6 is 0 Å². The van der Waals surface area contributed by atoms with E-state index in [4.69, 9.17) is 9.47 Å². The van der Waals surface area contributed by atoms with Gasteiger partial charge in [0.25, 0.3) is 5.91 Å². The molecular weight excluding hydrogens is 376 g/mol. The van der Waals surface area contributed by atoms with Gasteiger partial charge in [-0.25, -0.2) is 0 Å². The predicted molar refractivity (Wildman–Crippen MR) is 124 cm³/mol. The zero-order valence-electron chi connectivity index (χ0n) is 19.7. The second-order valence-electron chi connectivity index (χ2n) is 9.22. The number of nitrogens with one attached hydrogen (secondary N) is 1. The minimum absolute atomic E-state index is 0.0774. The quantitative estimate of drug-likeness (QED) is 0.497. The van der Waals surface area contributed by atoms with Crippen LogP contribution in [0.1, 0.15) is 66.7 Å². The molecule has 0 radical (unpaired) electrons. The Labute approximate surface area is 183 Å². The highest BCUT2D eigenvalue weighted by molar-refractivity contribution is 5.97. The number of hydrogen-bond acceptors (Lipinski definition) is 4. The lowest BCUT2D eigenvalue weighted by Gasteiger charge is -2.34. The number of carbonyl (C=O) groups is 1. The minimum atomic E-state index is -0.788. The Balaban J connectivity index is 1.83. The summed E-state index contributed by atoms with van der Waals surface area (Å²) in [6.45, 7) is 15.3. The van der Waals surface area contributed by atoms with E-state index in [-0.39, 0.29) is 5.91 Å². The molecule has 1 fully saturated rings. The van der Waals surface area contributed by atoms with Gasteiger partial charge < -0.3 is 14.8 Å². The maximum absolute atomic E-state index is 12.9. The normalized spacial score (nSPS) is 21.8. The summed E-state index contributed by atoms with van der Waals surface area (Å²) in [6.07, 6.45) is 4.96. The molecule has 5 heteroatoms. The van der Waals surface area contributed by atoms with E-state index in [2.05, 4.69) is 37.9 Å². The van der Waals surface area contributed by atoms with E-state index >= 15 is 0 Å². The van der Waals surface area contributed by atoms with Crippen LogP contribution in [-0.4, -0.2) is 49.3 Å². The lowest BCUT2D eigenvalue weighted by Crippen LogP contribution is -2.43. The van der Waals surface area contributed by atoms with Crippen LogP contribution in [0.3, 0.4) is 0 Å². The van der Waals surface area contributed by atoms with Crippen molar-refractivity contribution in [2.75, 3.05) is 38.2 Å². The van der Waals surface area contributed by atoms with Gasteiger partial charge in [0.15, 0.2) is 0 Å². The molecule has 1 heterocycles. The van der Waals surface area contributed by atoms with Crippen molar-refractivity contribution < 1.29 is 14.3 Å². The summed E-state index contributed by atoms with van der Waals surface area (Å²) in [5.74, 6) is 2.29. The number of rotatable bonds is 12. The number of ether oxygens (including phenoxy) is 2. The third-order valence-corrected chi connectivity index (χ3v) is 5.85. The average molecular weight is 419 g/mol. The fraction of sp³-hybridized carbons (Fsp3) is 0.720. The van der Waals surface area contributed by atoms with Gasteiger partial charge in [-0.05, 0) is 62.3 Å². The molecule has 2 rings (SSSR count). The van der Waals surface area contributed by atoms with E-state index < -0.39 is 5.60 Å². The molecule has 1 aliphatic heterocycles. The van der Waals surface area contributed by atoms with Gasteiger partial charge in [-0.1, -0.05) is 40.5 Å². The molecule has 0 unspecified atom stereocenters. The number of hydrogen-bond donors (Lipinski definition) is 1. The SMILES string of the molecule is CCCC[C@](C)(OCCC)C(=O)Nc1ccc(OCCN2C[C@H](C)C[C@@H](C)C2)cc1. The number of anilines is 1. The molecule has 1 amide bonds. The highest BCUT2D eigenvalue weighted by Crippen LogP contribution is 2.24. The average Bonchev–Trinajstić information content (AvgIpc) is 2.71. The van der Waals surface area contributed by atoms with Crippen LogP contribution in [0.5, 0.6) is 5.75 Å². The van der Waals surface area contributed by atoms with Crippen LogP contribution in [0.15, 0.2) is 24.3 Å². The van der Waals surface area contributed by atoms with Gasteiger partial charge in [0.05, 0.1) is 0 Å². The van der Waals surface area contributed by atoms with Crippen molar-refractivity contribution >= 4 is 11.6 Å². The molecule has 1 saturated heterocycles. The number of amides is 1. The number of piperidine rings is 1. The first-order valence-corrected chi connectivity index (χ1v) is 11.8. The van der Waals surface area contributed by atoms with E-state index in [1.807, 2.05) is 31.2 Å². The Morgan fingerprint density at radius 2 is 1.77 bits per heavy atom. The molecule has 1 aliphatic rings. The van der Waals surface area contributed by atoms with Crippen LogP contribution in [0.2, 0.25) is 0 Å². The Kier molecular flexibility index (Phi) is 10.1. The zero-order chi connectivity index (χ0) is 22.0. The second kappa shape index (κ2) is 12.3. The van der Waals surface area contributed by atoms with E-state index in [0.717, 1.165) is 68.6 Å². The fourth-order valence-electron chi connectivity index (χ4n) is 4.26. The van der Waals surface area contributed by atoms with Gasteiger partial charge in [0.1, 0.15) is 18.0 Å². The fourth-order valence-corrected chi connectivity index (χ4v) is 4.26. The lowest BCUT2D eigenvalue weighted by molar-refractivity contribution is -0.140. The Hall–Kier alpha value is -1.59. The third kappa shape index (κ3) is 7.92. The van der Waals surface area contributed by atoms with E-state index in [0.29, 0.717) is 13.2 Å². The summed E-state index contributed by atoms with van der Waals surface area (Å²) in [4.78, 5) is 15.4. The number of likely N-dealkylation sites (tertiary alicyclic amines) is 1. The van der Waals surface area contributed by atoms with E-state index in [1.165, 1.54) is 6.42 Å². The largest absolute Gasteiger partial charge is 0.492 e. The molecule has 0 spiro atoms. The van der Waals surface area contributed by atoms with Crippen molar-refractivity contribution in [3.8, 4) is 5.75 Å². The molecule has 0 aromatic heterocycles. The van der Waals surface area contributed by atoms with Crippen molar-refractivity contribution in [3.05, 3.63) is 24.3 Å². The summed E-state index contributed by atoms with van der Waals surface area (Å²) >= 11 is 0. The van der Waals surface area contributed by atoms with Crippen molar-refractivity contribution in [1.82, 2.24) is 4.90 Å². The maximum atomic E-state index is 12.9. The second-order valence-corrected chi connectivity index (χ2v) is 9.22. The summed E-state index contributed by atoms with van der Waals surface area (Å²) in [5.41, 5.74) is -0.0157. The van der Waals surface area contributed by atoms with Crippen LogP contribution < -0.4 is 10.1 Å². The third-order valence-electron chi connectivity index (χ3n) is 5.85. The van der Waals surface area contributed by atoms with Gasteiger partial charge in [-0.15, -0.1) is 0 Å². The Morgan fingerprint density at radius 1 is 1.10 bits per heavy atom. The smallest absolute Gasteiger partial charge is 0.256 e. The first-order chi connectivity index (χ1) is 14.4. The van der Waals surface area contributed by atoms with Gasteiger partial charge in [-0.3, -0.25) is 9.69 Å². The molecular formula is C25H42N2O3. The van der Waals surface area contributed by atoms with Gasteiger partial charge in [0, 0.05) is 31.9 Å². The Morgan fingerprint density at radius 3 is 2.37 bits per heavy atom. The van der Waals surface area contributed by atoms with Crippen molar-refractivity contribution in [3.63, 3.8) is 0 Å². The first-order valence-electron chi connectivity index (χ1n) is 11.8. The van der Waals surface area contributed by atoms with Gasteiger partial charge in [0.2, 0.25) is 0 Å². The molecule has 0 bridgehead atoms. The first kappa shape index (κ1) is 24.7. The highest BCUT2D eigenvalue weighted by atomic mass is 16.5. The standard InChI is InChI=1S/C25H42N2O3/c1-6-8-13-25(5,30-15-7-2)24(28)26-22-9-11-23(12-10-22)29-16-14-27-18-20(3)17-21(4)19-27/h9-12,20-21H,6-8,13-19H2,1-5H3,(H,26,28)/t20-,21-,25+/m1/s1. The van der Waals surface area contributed by atoms with Crippen molar-refractivity contribution in [2.45, 2.75) is 72.3 Å². The molecule has 0 saturated carbocycles. The topological polar surface area (TPSA) is 50.8 Å². The lowest BCUT2D eigenvalue weighted by atomic mass is 9.92. The summed E-state index contributed by atoms with van der Waals surface area (Å²) < 4.78 is 11.9. The van der Waals surface area contributed by atoms with Gasteiger partial charge >= 0.3 is 0 Å². The summed E-state index contributed by atoms with van der Waals surface area (Å²) in [6, 6.07) is 7.65. The van der Waals surface area contributed by atoms with E-state index in [9.17, 15) is 4.79 Å². The van der Waals surface area contributed by atoms with Gasteiger partial charge in [-0.2, -0.15) is 0 Å². The monoisotopic (exact) mass is 418 g/mol. The maximum Gasteiger partial charge on any atom is 0.256 e. The van der Waals surface area contributed by atoms with Crippen LogP contribution in [0.25, 0.3) is 0 Å². The number of nitrogens with zero attached hydrogens (tertiary/aromatic N) is 1. The van der Waals surface area contributed by atoms with Crippen LogP contribution in [-0.2, 0) is 9.53 Å². The summed E-state index contributed by atoms with van der Waals surface area (Å²) in [5, 5.41) is 3.02. The molecule has 170 valence electrons. The molecule has 1 aromatic carbocycles. The molecule has 30 heavy (non-hydrogen) atoms. The summed E-state index contributed by atoms with van der Waals surface area (Å²) in [7, 11) is 0.